The Kier molecular flexibility index (Phi) is 4.11. The number of aromatic nitrogens is 1. The summed E-state index contributed by atoms with van der Waals surface area (Å²) in [5, 5.41) is 1.21. The molecular weight excluding hydrogens is 254 g/mol. The molecule has 0 aliphatic carbocycles. The third-order valence-corrected chi connectivity index (χ3v) is 3.76. The van der Waals surface area contributed by atoms with Gasteiger partial charge in [-0.2, -0.15) is 0 Å². The highest BCUT2D eigenvalue weighted by atomic mass is 14.6. The molecule has 21 heavy (non-hydrogen) atoms. The Morgan fingerprint density at radius 3 is 2.57 bits per heavy atom. The topological polar surface area (TPSA) is 12.9 Å². The number of hydrogen-bond acceptors (Lipinski definition) is 1. The lowest BCUT2D eigenvalue weighted by Gasteiger charge is -2.08. The molecule has 0 amide bonds. The molecular formula is C20H19N. The predicted octanol–water partition coefficient (Wildman–Crippen LogP) is 5.27. The molecule has 3 rings (SSSR count). The third-order valence-electron chi connectivity index (χ3n) is 3.76. The lowest BCUT2D eigenvalue weighted by Crippen LogP contribution is -1.93. The van der Waals surface area contributed by atoms with Gasteiger partial charge in [-0.3, -0.25) is 4.98 Å². The van der Waals surface area contributed by atoms with Crippen molar-refractivity contribution in [3.8, 4) is 0 Å². The van der Waals surface area contributed by atoms with Gasteiger partial charge in [-0.15, -0.1) is 0 Å². The molecule has 0 fully saturated rings. The van der Waals surface area contributed by atoms with E-state index < -0.39 is 0 Å². The van der Waals surface area contributed by atoms with Gasteiger partial charge in [-0.1, -0.05) is 73.2 Å². The Balaban J connectivity index is 1.95. The molecule has 2 aromatic carbocycles. The fourth-order valence-corrected chi connectivity index (χ4v) is 2.62. The van der Waals surface area contributed by atoms with Crippen LogP contribution in [0.15, 0.2) is 72.4 Å². The van der Waals surface area contributed by atoms with Crippen LogP contribution in [-0.4, -0.2) is 4.98 Å². The van der Waals surface area contributed by atoms with Crippen LogP contribution in [0.4, 0.5) is 0 Å². The molecule has 0 saturated carbocycles. The SMILES string of the molecule is CC/C(=C\c1ccccc1)Cc1cccc2cccnc12. The Morgan fingerprint density at radius 2 is 1.76 bits per heavy atom. The lowest BCUT2D eigenvalue weighted by molar-refractivity contribution is 1.02. The number of benzene rings is 2. The molecule has 3 aromatic rings. The van der Waals surface area contributed by atoms with Gasteiger partial charge in [0.1, 0.15) is 0 Å². The van der Waals surface area contributed by atoms with Crippen LogP contribution in [0.3, 0.4) is 0 Å². The van der Waals surface area contributed by atoms with Crippen LogP contribution in [0.1, 0.15) is 24.5 Å². The van der Waals surface area contributed by atoms with Crippen molar-refractivity contribution in [1.82, 2.24) is 4.98 Å². The van der Waals surface area contributed by atoms with Crippen molar-refractivity contribution >= 4 is 17.0 Å². The number of rotatable bonds is 4. The maximum absolute atomic E-state index is 4.55. The summed E-state index contributed by atoms with van der Waals surface area (Å²) in [6, 6.07) is 21.1. The van der Waals surface area contributed by atoms with Gasteiger partial charge in [-0.05, 0) is 30.0 Å². The summed E-state index contributed by atoms with van der Waals surface area (Å²) in [7, 11) is 0. The van der Waals surface area contributed by atoms with E-state index in [4.69, 9.17) is 0 Å². The van der Waals surface area contributed by atoms with E-state index in [9.17, 15) is 0 Å². The zero-order valence-electron chi connectivity index (χ0n) is 12.3. The fourth-order valence-electron chi connectivity index (χ4n) is 2.62. The van der Waals surface area contributed by atoms with Gasteiger partial charge >= 0.3 is 0 Å². The van der Waals surface area contributed by atoms with Gasteiger partial charge in [0, 0.05) is 11.6 Å². The summed E-state index contributed by atoms with van der Waals surface area (Å²) in [6.45, 7) is 2.22. The second-order valence-electron chi connectivity index (χ2n) is 5.24. The average Bonchev–Trinajstić information content (AvgIpc) is 2.55. The zero-order valence-corrected chi connectivity index (χ0v) is 12.3. The highest BCUT2D eigenvalue weighted by Crippen LogP contribution is 2.21. The van der Waals surface area contributed by atoms with E-state index in [0.29, 0.717) is 0 Å². The van der Waals surface area contributed by atoms with Gasteiger partial charge in [-0.25, -0.2) is 0 Å². The van der Waals surface area contributed by atoms with Crippen LogP contribution in [0.5, 0.6) is 0 Å². The summed E-state index contributed by atoms with van der Waals surface area (Å²) in [5.74, 6) is 0. The Morgan fingerprint density at radius 1 is 0.952 bits per heavy atom. The zero-order chi connectivity index (χ0) is 14.5. The highest BCUT2D eigenvalue weighted by molar-refractivity contribution is 5.82. The lowest BCUT2D eigenvalue weighted by atomic mass is 9.98. The molecule has 0 saturated heterocycles. The number of para-hydroxylation sites is 1. The summed E-state index contributed by atoms with van der Waals surface area (Å²) in [6.07, 6.45) is 6.18. The minimum Gasteiger partial charge on any atom is -0.256 e. The van der Waals surface area contributed by atoms with Gasteiger partial charge < -0.3 is 0 Å². The van der Waals surface area contributed by atoms with Crippen molar-refractivity contribution < 1.29 is 0 Å². The average molecular weight is 273 g/mol. The highest BCUT2D eigenvalue weighted by Gasteiger charge is 2.04. The molecule has 0 spiro atoms. The van der Waals surface area contributed by atoms with Crippen LogP contribution < -0.4 is 0 Å². The van der Waals surface area contributed by atoms with Crippen molar-refractivity contribution in [1.29, 1.82) is 0 Å². The molecule has 0 radical (unpaired) electrons. The van der Waals surface area contributed by atoms with E-state index in [0.717, 1.165) is 18.4 Å². The minimum atomic E-state index is 0.958. The largest absolute Gasteiger partial charge is 0.256 e. The van der Waals surface area contributed by atoms with E-state index in [1.165, 1.54) is 22.1 Å². The van der Waals surface area contributed by atoms with Crippen LogP contribution >= 0.6 is 0 Å². The number of nitrogens with zero attached hydrogens (tertiary/aromatic N) is 1. The second kappa shape index (κ2) is 6.36. The van der Waals surface area contributed by atoms with Gasteiger partial charge in [0.25, 0.3) is 0 Å². The Bertz CT molecular complexity index is 752. The van der Waals surface area contributed by atoms with E-state index in [1.807, 2.05) is 12.3 Å². The van der Waals surface area contributed by atoms with Crippen LogP contribution in [0, 0.1) is 0 Å². The van der Waals surface area contributed by atoms with Gasteiger partial charge in [0.15, 0.2) is 0 Å². The number of fused-ring (bicyclic) bond motifs is 1. The fraction of sp³-hybridized carbons (Fsp3) is 0.150. The molecule has 1 heterocycles. The molecule has 0 aliphatic rings. The first-order valence-corrected chi connectivity index (χ1v) is 7.44. The summed E-state index contributed by atoms with van der Waals surface area (Å²) >= 11 is 0. The van der Waals surface area contributed by atoms with E-state index in [-0.39, 0.29) is 0 Å². The Hall–Kier alpha value is -2.41. The van der Waals surface area contributed by atoms with E-state index in [1.54, 1.807) is 0 Å². The molecule has 1 heteroatoms. The first-order valence-electron chi connectivity index (χ1n) is 7.44. The normalized spacial score (nSPS) is 11.8. The molecule has 104 valence electrons. The summed E-state index contributed by atoms with van der Waals surface area (Å²) in [5.41, 5.74) is 5.12. The minimum absolute atomic E-state index is 0.958. The first-order chi connectivity index (χ1) is 10.4. The summed E-state index contributed by atoms with van der Waals surface area (Å²) in [4.78, 5) is 4.55. The van der Waals surface area contributed by atoms with Gasteiger partial charge in [0.2, 0.25) is 0 Å². The van der Waals surface area contributed by atoms with E-state index >= 15 is 0 Å². The predicted molar refractivity (Wildman–Crippen MR) is 90.2 cm³/mol. The molecule has 1 aromatic heterocycles. The number of pyridine rings is 1. The first kappa shape index (κ1) is 13.6. The quantitative estimate of drug-likeness (QED) is 0.631. The molecule has 1 nitrogen and oxygen atoms in total. The van der Waals surface area contributed by atoms with Crippen LogP contribution in [0.2, 0.25) is 0 Å². The Labute approximate surface area is 126 Å². The van der Waals surface area contributed by atoms with Crippen LogP contribution in [0.25, 0.3) is 17.0 Å². The van der Waals surface area contributed by atoms with Crippen molar-refractivity contribution in [3.05, 3.63) is 83.6 Å². The smallest absolute Gasteiger partial charge is 0.0737 e. The van der Waals surface area contributed by atoms with Gasteiger partial charge in [0.05, 0.1) is 5.52 Å². The number of allylic oxidation sites excluding steroid dienone is 1. The second-order valence-corrected chi connectivity index (χ2v) is 5.24. The standard InChI is InChI=1S/C20H19N/c1-2-16(14-17-8-4-3-5-9-17)15-19-11-6-10-18-12-7-13-21-20(18)19/h3-14H,2,15H2,1H3/b16-14+. The van der Waals surface area contributed by atoms with E-state index in [2.05, 4.69) is 72.6 Å². The molecule has 0 bridgehead atoms. The van der Waals surface area contributed by atoms with Crippen molar-refractivity contribution in [3.63, 3.8) is 0 Å². The van der Waals surface area contributed by atoms with Crippen molar-refractivity contribution in [2.45, 2.75) is 19.8 Å². The van der Waals surface area contributed by atoms with Crippen molar-refractivity contribution in [2.24, 2.45) is 0 Å². The molecule has 0 atom stereocenters. The van der Waals surface area contributed by atoms with Crippen LogP contribution in [-0.2, 0) is 6.42 Å². The maximum Gasteiger partial charge on any atom is 0.0737 e. The third kappa shape index (κ3) is 3.19. The van der Waals surface area contributed by atoms with Crippen molar-refractivity contribution in [2.75, 3.05) is 0 Å². The monoisotopic (exact) mass is 273 g/mol. The molecule has 0 aliphatic heterocycles. The molecule has 0 N–H and O–H groups in total. The molecule has 0 unspecified atom stereocenters. The maximum atomic E-state index is 4.55. The number of hydrogen-bond donors (Lipinski definition) is 0. The summed E-state index contributed by atoms with van der Waals surface area (Å²) < 4.78 is 0.